The second kappa shape index (κ2) is 13.1. The SMILES string of the molecule is c1ccc(C2(c3ccc(N(c4ccc(-c5cccc6c5sc5ccccc56)cc4)c4ccc5sc6ccccc6c5c4)cc3)c3ccccc3-c3ccccc32)cc1. The van der Waals surface area contributed by atoms with E-state index in [0.29, 0.717) is 0 Å². The van der Waals surface area contributed by atoms with E-state index in [0.717, 1.165) is 17.1 Å². The van der Waals surface area contributed by atoms with Gasteiger partial charge in [-0.3, -0.25) is 0 Å². The van der Waals surface area contributed by atoms with Gasteiger partial charge < -0.3 is 4.90 Å². The van der Waals surface area contributed by atoms with Crippen LogP contribution in [-0.2, 0) is 5.41 Å². The molecule has 0 spiro atoms. The van der Waals surface area contributed by atoms with E-state index < -0.39 is 5.41 Å². The van der Waals surface area contributed by atoms with Crippen LogP contribution in [0.15, 0.2) is 212 Å². The summed E-state index contributed by atoms with van der Waals surface area (Å²) in [4.78, 5) is 2.42. The highest BCUT2D eigenvalue weighted by Gasteiger charge is 2.45. The smallest absolute Gasteiger partial charge is 0.0713 e. The first-order valence-electron chi connectivity index (χ1n) is 19.8. The van der Waals surface area contributed by atoms with Crippen molar-refractivity contribution < 1.29 is 0 Å². The average Bonchev–Trinajstić information content (AvgIpc) is 3.96. The number of hydrogen-bond acceptors (Lipinski definition) is 3. The van der Waals surface area contributed by atoms with Gasteiger partial charge in [-0.05, 0) is 99.1 Å². The molecule has 1 aliphatic carbocycles. The summed E-state index contributed by atoms with van der Waals surface area (Å²) in [6.45, 7) is 0. The van der Waals surface area contributed by atoms with E-state index in [2.05, 4.69) is 217 Å². The summed E-state index contributed by atoms with van der Waals surface area (Å²) in [5.74, 6) is 0. The van der Waals surface area contributed by atoms with Crippen LogP contribution in [0.3, 0.4) is 0 Å². The second-order valence-corrected chi connectivity index (χ2v) is 17.3. The zero-order valence-corrected chi connectivity index (χ0v) is 33.1. The summed E-state index contributed by atoms with van der Waals surface area (Å²) >= 11 is 3.74. The van der Waals surface area contributed by atoms with Crippen LogP contribution in [0.5, 0.6) is 0 Å². The predicted octanol–water partition coefficient (Wildman–Crippen LogP) is 15.9. The third kappa shape index (κ3) is 4.94. The first-order chi connectivity index (χ1) is 28.8. The largest absolute Gasteiger partial charge is 0.310 e. The van der Waals surface area contributed by atoms with E-state index in [4.69, 9.17) is 0 Å². The van der Waals surface area contributed by atoms with E-state index in [1.807, 2.05) is 22.7 Å². The van der Waals surface area contributed by atoms with Crippen LogP contribution in [0.25, 0.3) is 62.6 Å². The van der Waals surface area contributed by atoms with Gasteiger partial charge in [0.2, 0.25) is 0 Å². The van der Waals surface area contributed by atoms with E-state index in [-0.39, 0.29) is 0 Å². The second-order valence-electron chi connectivity index (χ2n) is 15.2. The van der Waals surface area contributed by atoms with Gasteiger partial charge in [0, 0.05) is 57.4 Å². The number of rotatable bonds is 6. The zero-order chi connectivity index (χ0) is 38.2. The molecule has 0 unspecified atom stereocenters. The molecule has 0 N–H and O–H groups in total. The molecule has 3 heteroatoms. The fourth-order valence-electron chi connectivity index (χ4n) is 9.64. The lowest BCUT2D eigenvalue weighted by Gasteiger charge is -2.34. The Hall–Kier alpha value is -6.78. The van der Waals surface area contributed by atoms with Crippen molar-refractivity contribution in [2.75, 3.05) is 4.90 Å². The van der Waals surface area contributed by atoms with Gasteiger partial charge in [0.15, 0.2) is 0 Å². The summed E-state index contributed by atoms with van der Waals surface area (Å²) in [7, 11) is 0. The van der Waals surface area contributed by atoms with Gasteiger partial charge in [-0.15, -0.1) is 22.7 Å². The van der Waals surface area contributed by atoms with Gasteiger partial charge in [0.1, 0.15) is 0 Å². The van der Waals surface area contributed by atoms with Gasteiger partial charge in [0.05, 0.1) is 5.41 Å². The topological polar surface area (TPSA) is 3.24 Å². The fourth-order valence-corrected chi connectivity index (χ4v) is 12.0. The molecule has 0 fully saturated rings. The Morgan fingerprint density at radius 2 is 0.828 bits per heavy atom. The molecule has 1 aliphatic rings. The Morgan fingerprint density at radius 1 is 0.328 bits per heavy atom. The number of benzene rings is 9. The van der Waals surface area contributed by atoms with Gasteiger partial charge in [-0.1, -0.05) is 158 Å². The van der Waals surface area contributed by atoms with E-state index in [1.54, 1.807) is 0 Å². The molecule has 0 saturated carbocycles. The molecule has 2 aromatic heterocycles. The lowest BCUT2D eigenvalue weighted by atomic mass is 9.68. The normalized spacial score (nSPS) is 13.0. The van der Waals surface area contributed by atoms with Crippen LogP contribution >= 0.6 is 22.7 Å². The van der Waals surface area contributed by atoms with Crippen LogP contribution in [-0.4, -0.2) is 0 Å². The highest BCUT2D eigenvalue weighted by atomic mass is 32.1. The predicted molar refractivity (Wildman–Crippen MR) is 250 cm³/mol. The van der Waals surface area contributed by atoms with Gasteiger partial charge >= 0.3 is 0 Å². The van der Waals surface area contributed by atoms with Crippen molar-refractivity contribution in [2.24, 2.45) is 0 Å². The number of thiophene rings is 2. The average molecular weight is 774 g/mol. The van der Waals surface area contributed by atoms with Gasteiger partial charge in [0.25, 0.3) is 0 Å². The van der Waals surface area contributed by atoms with E-state index in [9.17, 15) is 0 Å². The van der Waals surface area contributed by atoms with Crippen molar-refractivity contribution in [3.63, 3.8) is 0 Å². The Balaban J connectivity index is 1.03. The Bertz CT molecular complexity index is 3290. The third-order valence-electron chi connectivity index (χ3n) is 12.2. The van der Waals surface area contributed by atoms with Crippen LogP contribution in [0.2, 0.25) is 0 Å². The van der Waals surface area contributed by atoms with Crippen molar-refractivity contribution in [1.29, 1.82) is 0 Å². The summed E-state index contributed by atoms with van der Waals surface area (Å²) < 4.78 is 5.27. The molecular weight excluding hydrogens is 739 g/mol. The zero-order valence-electron chi connectivity index (χ0n) is 31.5. The maximum Gasteiger partial charge on any atom is 0.0713 e. The maximum absolute atomic E-state index is 2.42. The third-order valence-corrected chi connectivity index (χ3v) is 14.5. The molecule has 58 heavy (non-hydrogen) atoms. The highest BCUT2D eigenvalue weighted by molar-refractivity contribution is 7.26. The summed E-state index contributed by atoms with van der Waals surface area (Å²) in [5.41, 5.74) is 13.2. The van der Waals surface area contributed by atoms with E-state index in [1.165, 1.54) is 84.9 Å². The molecule has 0 amide bonds. The minimum absolute atomic E-state index is 0.443. The minimum Gasteiger partial charge on any atom is -0.310 e. The maximum atomic E-state index is 2.42. The highest BCUT2D eigenvalue weighted by Crippen LogP contribution is 2.56. The molecule has 0 saturated heterocycles. The van der Waals surface area contributed by atoms with Crippen molar-refractivity contribution in [2.45, 2.75) is 5.41 Å². The van der Waals surface area contributed by atoms with Crippen molar-refractivity contribution in [1.82, 2.24) is 0 Å². The van der Waals surface area contributed by atoms with Crippen molar-refractivity contribution in [3.05, 3.63) is 235 Å². The molecule has 12 rings (SSSR count). The van der Waals surface area contributed by atoms with Gasteiger partial charge in [-0.25, -0.2) is 0 Å². The molecule has 11 aromatic rings. The number of fused-ring (bicyclic) bond motifs is 9. The molecule has 0 radical (unpaired) electrons. The molecular formula is C55H35NS2. The standard InChI is InChI=1S/C55H35NS2/c1-2-13-37(14-3-1)55(49-21-8-4-15-43(49)44-16-5-9-22-50(44)55)38-27-31-40(32-28-38)56(41-33-34-53-48(35-41)46-18-7-10-23-51(46)57-53)39-29-25-36(26-30-39)42-19-12-20-47-45-17-6-11-24-52(45)58-54(42)47/h1-35H. The molecule has 0 bridgehead atoms. The molecule has 9 aromatic carbocycles. The fraction of sp³-hybridized carbons (Fsp3) is 0.0182. The summed E-state index contributed by atoms with van der Waals surface area (Å²) in [6.07, 6.45) is 0. The molecule has 1 nitrogen and oxygen atoms in total. The van der Waals surface area contributed by atoms with E-state index >= 15 is 0 Å². The number of hydrogen-bond donors (Lipinski definition) is 0. The lowest BCUT2D eigenvalue weighted by molar-refractivity contribution is 0.768. The molecule has 2 heterocycles. The molecule has 272 valence electrons. The van der Waals surface area contributed by atoms with Crippen LogP contribution < -0.4 is 4.90 Å². The Labute approximate surface area is 345 Å². The summed E-state index contributed by atoms with van der Waals surface area (Å²) in [6, 6.07) is 78.7. The van der Waals surface area contributed by atoms with Crippen LogP contribution in [0.4, 0.5) is 17.1 Å². The Morgan fingerprint density at radius 3 is 1.53 bits per heavy atom. The first-order valence-corrected chi connectivity index (χ1v) is 21.5. The minimum atomic E-state index is -0.443. The first kappa shape index (κ1) is 33.4. The van der Waals surface area contributed by atoms with Crippen LogP contribution in [0.1, 0.15) is 22.3 Å². The molecule has 0 atom stereocenters. The summed E-state index contributed by atoms with van der Waals surface area (Å²) in [5, 5.41) is 5.23. The number of nitrogens with zero attached hydrogens (tertiary/aromatic N) is 1. The monoisotopic (exact) mass is 773 g/mol. The number of anilines is 3. The lowest BCUT2D eigenvalue weighted by Crippen LogP contribution is -2.28. The van der Waals surface area contributed by atoms with Crippen molar-refractivity contribution in [3.8, 4) is 22.3 Å². The Kier molecular flexibility index (Phi) is 7.56. The van der Waals surface area contributed by atoms with Gasteiger partial charge in [-0.2, -0.15) is 0 Å². The van der Waals surface area contributed by atoms with Crippen molar-refractivity contribution >= 4 is 80.1 Å². The van der Waals surface area contributed by atoms with Crippen LogP contribution in [0, 0.1) is 0 Å². The molecule has 0 aliphatic heterocycles. The quantitative estimate of drug-likeness (QED) is 0.163.